The van der Waals surface area contributed by atoms with Crippen LogP contribution in [-0.2, 0) is 0 Å². The van der Waals surface area contributed by atoms with Gasteiger partial charge in [0, 0.05) is 23.7 Å². The number of carbonyl (C=O) groups is 1. The number of carbonyl (C=O) groups excluding carboxylic acids is 1. The second-order valence-corrected chi connectivity index (χ2v) is 6.95. The van der Waals surface area contributed by atoms with Crippen molar-refractivity contribution in [2.45, 2.75) is 45.2 Å². The van der Waals surface area contributed by atoms with Crippen LogP contribution in [0, 0.1) is 5.92 Å². The lowest BCUT2D eigenvalue weighted by Crippen LogP contribution is -2.24. The molecule has 1 atom stereocenters. The van der Waals surface area contributed by atoms with Crippen LogP contribution in [0.2, 0.25) is 0 Å². The Morgan fingerprint density at radius 2 is 2.15 bits per heavy atom. The summed E-state index contributed by atoms with van der Waals surface area (Å²) in [6, 6.07) is 7.40. The van der Waals surface area contributed by atoms with E-state index in [-0.39, 0.29) is 18.7 Å². The fraction of sp³-hybridized carbons (Fsp3) is 0.429. The lowest BCUT2D eigenvalue weighted by Gasteiger charge is -2.24. The Morgan fingerprint density at radius 1 is 1.33 bits per heavy atom. The van der Waals surface area contributed by atoms with Crippen molar-refractivity contribution in [2.24, 2.45) is 5.92 Å². The number of nitrogens with one attached hydrogen (secondary N) is 1. The summed E-state index contributed by atoms with van der Waals surface area (Å²) in [4.78, 5) is 16.7. The second-order valence-electron chi connectivity index (χ2n) is 6.95. The first kappa shape index (κ1) is 19.4. The predicted octanol–water partition coefficient (Wildman–Crippen LogP) is 5.51. The van der Waals surface area contributed by atoms with Crippen molar-refractivity contribution in [1.82, 2.24) is 10.3 Å². The molecule has 1 aromatic carbocycles. The number of aromatic nitrogens is 1. The second kappa shape index (κ2) is 8.11. The summed E-state index contributed by atoms with van der Waals surface area (Å²) in [6.07, 6.45) is 1.49. The number of hydrogen-bond donors (Lipinski definition) is 1. The number of amides is 1. The summed E-state index contributed by atoms with van der Waals surface area (Å²) >= 11 is 0. The molecule has 3 rings (SSSR count). The highest BCUT2D eigenvalue weighted by molar-refractivity contribution is 5.99. The number of unbranched alkanes of at least 4 members (excludes halogenated alkanes) is 1. The smallest absolute Gasteiger partial charge is 0.352 e. The van der Waals surface area contributed by atoms with Crippen molar-refractivity contribution >= 4 is 22.4 Å². The predicted molar refractivity (Wildman–Crippen MR) is 100 cm³/mol. The Bertz CT molecular complexity index is 858. The number of fused-ring (bicyclic) bond motifs is 1. The Labute approximate surface area is 156 Å². The summed E-state index contributed by atoms with van der Waals surface area (Å²) in [7, 11) is 0. The third-order valence-corrected chi connectivity index (χ3v) is 5.01. The highest BCUT2D eigenvalue weighted by Gasteiger charge is 2.39. The van der Waals surface area contributed by atoms with Crippen LogP contribution in [0.3, 0.4) is 0 Å². The van der Waals surface area contributed by atoms with Gasteiger partial charge in [0.25, 0.3) is 5.91 Å². The summed E-state index contributed by atoms with van der Waals surface area (Å²) in [5.41, 5.74) is 2.96. The van der Waals surface area contributed by atoms with Gasteiger partial charge in [-0.3, -0.25) is 9.78 Å². The maximum Gasteiger partial charge on any atom is 0.392 e. The number of para-hydroxylation sites is 1. The minimum atomic E-state index is -4.14. The molecule has 0 spiro atoms. The minimum Gasteiger partial charge on any atom is -0.352 e. The van der Waals surface area contributed by atoms with E-state index in [0.29, 0.717) is 18.5 Å². The number of benzene rings is 1. The Kier molecular flexibility index (Phi) is 5.82. The Morgan fingerprint density at radius 3 is 2.81 bits per heavy atom. The third-order valence-electron chi connectivity index (χ3n) is 5.01. The average molecular weight is 376 g/mol. The van der Waals surface area contributed by atoms with Crippen molar-refractivity contribution in [3.63, 3.8) is 0 Å². The number of halogens is 3. The minimum absolute atomic E-state index is 0.00708. The molecule has 2 aromatic rings. The maximum atomic E-state index is 12.9. The normalized spacial score (nSPS) is 17.6. The number of hydrogen-bond acceptors (Lipinski definition) is 2. The molecule has 6 heteroatoms. The zero-order valence-electron chi connectivity index (χ0n) is 15.3. The first-order valence-corrected chi connectivity index (χ1v) is 9.33. The van der Waals surface area contributed by atoms with Crippen LogP contribution in [-0.4, -0.2) is 23.6 Å². The van der Waals surface area contributed by atoms with Gasteiger partial charge in [-0.15, -0.1) is 0 Å². The molecule has 1 heterocycles. The number of pyridine rings is 1. The van der Waals surface area contributed by atoms with Gasteiger partial charge in [-0.05, 0) is 37.3 Å². The molecule has 0 saturated carbocycles. The lowest BCUT2D eigenvalue weighted by molar-refractivity contribution is -0.175. The van der Waals surface area contributed by atoms with Crippen molar-refractivity contribution in [1.29, 1.82) is 0 Å². The van der Waals surface area contributed by atoms with Gasteiger partial charge in [-0.2, -0.15) is 13.2 Å². The third kappa shape index (κ3) is 4.49. The monoisotopic (exact) mass is 376 g/mol. The summed E-state index contributed by atoms with van der Waals surface area (Å²) in [5, 5.41) is 3.68. The van der Waals surface area contributed by atoms with Crippen LogP contribution < -0.4 is 5.32 Å². The van der Waals surface area contributed by atoms with Crippen LogP contribution in [0.25, 0.3) is 16.5 Å². The molecule has 1 N–H and O–H groups in total. The van der Waals surface area contributed by atoms with Gasteiger partial charge in [0.1, 0.15) is 0 Å². The van der Waals surface area contributed by atoms with E-state index >= 15 is 0 Å². The van der Waals surface area contributed by atoms with Gasteiger partial charge in [0.2, 0.25) is 0 Å². The molecule has 0 bridgehead atoms. The lowest BCUT2D eigenvalue weighted by atomic mass is 9.85. The molecule has 3 nitrogen and oxygen atoms in total. The molecule has 144 valence electrons. The number of rotatable bonds is 5. The van der Waals surface area contributed by atoms with Gasteiger partial charge >= 0.3 is 6.18 Å². The van der Waals surface area contributed by atoms with Crippen molar-refractivity contribution < 1.29 is 18.0 Å². The van der Waals surface area contributed by atoms with E-state index in [1.54, 1.807) is 12.1 Å². The average Bonchev–Trinajstić information content (AvgIpc) is 2.66. The number of alkyl halides is 3. The first-order valence-electron chi connectivity index (χ1n) is 9.33. The highest BCUT2D eigenvalue weighted by atomic mass is 19.4. The van der Waals surface area contributed by atoms with E-state index in [2.05, 4.69) is 17.2 Å². The van der Waals surface area contributed by atoms with Gasteiger partial charge in [-0.25, -0.2) is 0 Å². The Balaban J connectivity index is 1.84. The van der Waals surface area contributed by atoms with Gasteiger partial charge in [-0.1, -0.05) is 37.6 Å². The van der Waals surface area contributed by atoms with Crippen LogP contribution >= 0.6 is 0 Å². The summed E-state index contributed by atoms with van der Waals surface area (Å²) < 4.78 is 38.6. The van der Waals surface area contributed by atoms with E-state index < -0.39 is 12.1 Å². The van der Waals surface area contributed by atoms with Gasteiger partial charge in [0.05, 0.1) is 17.0 Å². The van der Waals surface area contributed by atoms with E-state index in [1.807, 2.05) is 18.2 Å². The largest absolute Gasteiger partial charge is 0.392 e. The van der Waals surface area contributed by atoms with Gasteiger partial charge in [0.15, 0.2) is 0 Å². The fourth-order valence-electron chi connectivity index (χ4n) is 3.40. The molecule has 1 aliphatic carbocycles. The molecule has 0 aliphatic heterocycles. The van der Waals surface area contributed by atoms with Crippen LogP contribution in [0.1, 0.15) is 54.9 Å². The standard InChI is InChI=1S/C21H23F3N2O/c1-2-3-11-25-20(27)16-12-15-5-4-6-18(19(15)26-13-16)14-7-9-17(10-8-14)21(22,23)24/h4-7,12-13,17H,2-3,8-11H2,1H3,(H,25,27). The quantitative estimate of drug-likeness (QED) is 0.699. The van der Waals surface area contributed by atoms with Gasteiger partial charge < -0.3 is 5.32 Å². The number of allylic oxidation sites excluding steroid dienone is 2. The zero-order chi connectivity index (χ0) is 19.4. The van der Waals surface area contributed by atoms with Crippen molar-refractivity contribution in [3.05, 3.63) is 47.7 Å². The Hall–Kier alpha value is -2.37. The molecule has 1 unspecified atom stereocenters. The molecule has 27 heavy (non-hydrogen) atoms. The topological polar surface area (TPSA) is 42.0 Å². The molecule has 0 radical (unpaired) electrons. The van der Waals surface area contributed by atoms with E-state index in [9.17, 15) is 18.0 Å². The van der Waals surface area contributed by atoms with Crippen molar-refractivity contribution in [3.8, 4) is 0 Å². The zero-order valence-corrected chi connectivity index (χ0v) is 15.3. The van der Waals surface area contributed by atoms with E-state index in [0.717, 1.165) is 34.9 Å². The molecule has 0 fully saturated rings. The summed E-state index contributed by atoms with van der Waals surface area (Å²) in [6.45, 7) is 2.68. The van der Waals surface area contributed by atoms with Crippen LogP contribution in [0.4, 0.5) is 13.2 Å². The van der Waals surface area contributed by atoms with Crippen LogP contribution in [0.15, 0.2) is 36.5 Å². The molecule has 1 aromatic heterocycles. The SMILES string of the molecule is CCCCNC(=O)c1cnc2c(C3=CCC(C(F)(F)F)CC3)cccc2c1. The maximum absolute atomic E-state index is 12.9. The van der Waals surface area contributed by atoms with Crippen LogP contribution in [0.5, 0.6) is 0 Å². The fourth-order valence-corrected chi connectivity index (χ4v) is 3.40. The van der Waals surface area contributed by atoms with E-state index in [1.165, 1.54) is 6.20 Å². The molecular weight excluding hydrogens is 353 g/mol. The summed E-state index contributed by atoms with van der Waals surface area (Å²) in [5.74, 6) is -1.42. The molecule has 0 saturated heterocycles. The molecular formula is C21H23F3N2O. The highest BCUT2D eigenvalue weighted by Crippen LogP contribution is 2.40. The molecule has 1 amide bonds. The van der Waals surface area contributed by atoms with Crippen molar-refractivity contribution in [2.75, 3.05) is 6.54 Å². The van der Waals surface area contributed by atoms with E-state index in [4.69, 9.17) is 0 Å². The first-order chi connectivity index (χ1) is 12.9. The molecule has 1 aliphatic rings. The number of nitrogens with zero attached hydrogens (tertiary/aromatic N) is 1.